The van der Waals surface area contributed by atoms with Gasteiger partial charge >= 0.3 is 0 Å². The third-order valence-corrected chi connectivity index (χ3v) is 2.78. The highest BCUT2D eigenvalue weighted by molar-refractivity contribution is 5.94. The van der Waals surface area contributed by atoms with Crippen molar-refractivity contribution in [1.29, 1.82) is 5.26 Å². The lowest BCUT2D eigenvalue weighted by atomic mass is 10.2. The number of nitrogens with zero attached hydrogens (tertiary/aromatic N) is 1. The van der Waals surface area contributed by atoms with Crippen LogP contribution in [0.5, 0.6) is 5.75 Å². The summed E-state index contributed by atoms with van der Waals surface area (Å²) >= 11 is 0. The van der Waals surface area contributed by atoms with Gasteiger partial charge in [-0.15, -0.1) is 0 Å². The average Bonchev–Trinajstić information content (AvgIpc) is 2.50. The predicted molar refractivity (Wildman–Crippen MR) is 76.3 cm³/mol. The molecule has 0 heterocycles. The number of ether oxygens (including phenoxy) is 1. The van der Waals surface area contributed by atoms with Crippen molar-refractivity contribution in [1.82, 2.24) is 0 Å². The van der Waals surface area contributed by atoms with Crippen molar-refractivity contribution in [3.63, 3.8) is 0 Å². The molecule has 0 aliphatic heterocycles. The Bertz CT molecular complexity index is 660. The Morgan fingerprint density at radius 1 is 1.19 bits per heavy atom. The molecule has 0 fully saturated rings. The van der Waals surface area contributed by atoms with E-state index in [4.69, 9.17) is 10.00 Å². The minimum atomic E-state index is -0.719. The van der Waals surface area contributed by atoms with E-state index in [1.807, 2.05) is 6.07 Å². The molecule has 0 aliphatic carbocycles. The van der Waals surface area contributed by atoms with E-state index in [1.165, 1.54) is 24.3 Å². The third-order valence-electron chi connectivity index (χ3n) is 2.78. The Hall–Kier alpha value is -2.87. The number of nitriles is 1. The number of carbonyl (C=O) groups is 1. The number of benzene rings is 2. The molecule has 0 saturated heterocycles. The molecule has 4 nitrogen and oxygen atoms in total. The van der Waals surface area contributed by atoms with E-state index in [9.17, 15) is 9.18 Å². The predicted octanol–water partition coefficient (Wildman–Crippen LogP) is 3.10. The van der Waals surface area contributed by atoms with Crippen molar-refractivity contribution in [2.24, 2.45) is 0 Å². The summed E-state index contributed by atoms with van der Waals surface area (Å²) in [6, 6.07) is 14.0. The van der Waals surface area contributed by atoms with Crippen LogP contribution in [0.3, 0.4) is 0 Å². The Kier molecular flexibility index (Phi) is 4.52. The Morgan fingerprint density at radius 3 is 2.38 bits per heavy atom. The van der Waals surface area contributed by atoms with Crippen molar-refractivity contribution in [3.05, 3.63) is 59.9 Å². The molecule has 0 bridgehead atoms. The van der Waals surface area contributed by atoms with E-state index in [0.29, 0.717) is 17.0 Å². The normalized spacial score (nSPS) is 11.3. The average molecular weight is 284 g/mol. The molecule has 1 N–H and O–H groups in total. The van der Waals surface area contributed by atoms with Crippen molar-refractivity contribution in [2.45, 2.75) is 13.0 Å². The second-order valence-electron chi connectivity index (χ2n) is 4.39. The molecule has 0 unspecified atom stereocenters. The second-order valence-corrected chi connectivity index (χ2v) is 4.39. The molecule has 0 radical (unpaired) electrons. The number of carbonyl (C=O) groups excluding carboxylic acids is 1. The fourth-order valence-corrected chi connectivity index (χ4v) is 1.64. The highest BCUT2D eigenvalue weighted by Gasteiger charge is 2.14. The van der Waals surface area contributed by atoms with Crippen LogP contribution in [0.25, 0.3) is 0 Å². The fourth-order valence-electron chi connectivity index (χ4n) is 1.64. The summed E-state index contributed by atoms with van der Waals surface area (Å²) in [6.45, 7) is 1.61. The van der Waals surface area contributed by atoms with Gasteiger partial charge in [0.15, 0.2) is 6.10 Å². The van der Waals surface area contributed by atoms with Gasteiger partial charge in [-0.05, 0) is 55.5 Å². The van der Waals surface area contributed by atoms with Crippen LogP contribution in [0, 0.1) is 17.1 Å². The molecule has 1 amide bonds. The monoisotopic (exact) mass is 284 g/mol. The van der Waals surface area contributed by atoms with E-state index >= 15 is 0 Å². The molecule has 5 heteroatoms. The van der Waals surface area contributed by atoms with Gasteiger partial charge in [0.05, 0.1) is 11.6 Å². The van der Waals surface area contributed by atoms with E-state index in [-0.39, 0.29) is 11.7 Å². The zero-order valence-electron chi connectivity index (χ0n) is 11.3. The van der Waals surface area contributed by atoms with Crippen LogP contribution in [-0.4, -0.2) is 12.0 Å². The minimum Gasteiger partial charge on any atom is -0.481 e. The zero-order valence-corrected chi connectivity index (χ0v) is 11.3. The highest BCUT2D eigenvalue weighted by atomic mass is 19.1. The van der Waals surface area contributed by atoms with Crippen LogP contribution in [0.4, 0.5) is 10.1 Å². The van der Waals surface area contributed by atoms with Crippen LogP contribution in [-0.2, 0) is 4.79 Å². The Morgan fingerprint density at radius 2 is 1.81 bits per heavy atom. The van der Waals surface area contributed by atoms with E-state index in [0.717, 1.165) is 0 Å². The molecule has 21 heavy (non-hydrogen) atoms. The fraction of sp³-hybridized carbons (Fsp3) is 0.125. The summed E-state index contributed by atoms with van der Waals surface area (Å²) < 4.78 is 18.2. The topological polar surface area (TPSA) is 62.1 Å². The lowest BCUT2D eigenvalue weighted by Gasteiger charge is -2.14. The molecule has 0 spiro atoms. The third kappa shape index (κ3) is 4.05. The SMILES string of the molecule is C[C@@H](Oc1ccc(C#N)cc1)C(=O)Nc1ccc(F)cc1. The maximum absolute atomic E-state index is 12.8. The van der Waals surface area contributed by atoms with Gasteiger partial charge in [0.2, 0.25) is 0 Å². The summed E-state index contributed by atoms with van der Waals surface area (Å²) in [4.78, 5) is 11.9. The summed E-state index contributed by atoms with van der Waals surface area (Å²) in [7, 11) is 0. The number of halogens is 1. The number of hydrogen-bond acceptors (Lipinski definition) is 3. The first kappa shape index (κ1) is 14.5. The lowest BCUT2D eigenvalue weighted by Crippen LogP contribution is -2.30. The smallest absolute Gasteiger partial charge is 0.265 e. The van der Waals surface area contributed by atoms with Crippen LogP contribution >= 0.6 is 0 Å². The van der Waals surface area contributed by atoms with Gasteiger partial charge in [-0.25, -0.2) is 4.39 Å². The van der Waals surface area contributed by atoms with Gasteiger partial charge in [0, 0.05) is 5.69 Å². The molecular formula is C16H13FN2O2. The van der Waals surface area contributed by atoms with Crippen molar-refractivity contribution in [3.8, 4) is 11.8 Å². The van der Waals surface area contributed by atoms with Crippen LogP contribution in [0.1, 0.15) is 12.5 Å². The molecule has 1 atom stereocenters. The minimum absolute atomic E-state index is 0.342. The lowest BCUT2D eigenvalue weighted by molar-refractivity contribution is -0.122. The van der Waals surface area contributed by atoms with Gasteiger partial charge in [-0.1, -0.05) is 0 Å². The largest absolute Gasteiger partial charge is 0.481 e. The number of anilines is 1. The van der Waals surface area contributed by atoms with Gasteiger partial charge in [-0.3, -0.25) is 4.79 Å². The van der Waals surface area contributed by atoms with E-state index in [1.54, 1.807) is 31.2 Å². The summed E-state index contributed by atoms with van der Waals surface area (Å²) in [5.41, 5.74) is 1.02. The standard InChI is InChI=1S/C16H13FN2O2/c1-11(21-15-8-2-12(10-18)3-9-15)16(20)19-14-6-4-13(17)5-7-14/h2-9,11H,1H3,(H,19,20)/t11-/m1/s1. The van der Waals surface area contributed by atoms with Crippen molar-refractivity contribution >= 4 is 11.6 Å². The van der Waals surface area contributed by atoms with Gasteiger partial charge in [0.1, 0.15) is 11.6 Å². The molecule has 0 aromatic heterocycles. The molecule has 2 aromatic carbocycles. The molecular weight excluding hydrogens is 271 g/mol. The zero-order chi connectivity index (χ0) is 15.2. The number of rotatable bonds is 4. The number of nitrogens with one attached hydrogen (secondary N) is 1. The van der Waals surface area contributed by atoms with E-state index in [2.05, 4.69) is 5.32 Å². The first-order chi connectivity index (χ1) is 10.1. The van der Waals surface area contributed by atoms with Crippen LogP contribution in [0.15, 0.2) is 48.5 Å². The molecule has 2 rings (SSSR count). The molecule has 106 valence electrons. The van der Waals surface area contributed by atoms with Gasteiger partial charge in [-0.2, -0.15) is 5.26 Å². The van der Waals surface area contributed by atoms with Crippen molar-refractivity contribution in [2.75, 3.05) is 5.32 Å². The molecule has 0 aliphatic rings. The maximum Gasteiger partial charge on any atom is 0.265 e. The molecule has 2 aromatic rings. The molecule has 0 saturated carbocycles. The Labute approximate surface area is 121 Å². The summed E-state index contributed by atoms with van der Waals surface area (Å²) in [6.07, 6.45) is -0.719. The summed E-state index contributed by atoms with van der Waals surface area (Å²) in [5, 5.41) is 11.3. The van der Waals surface area contributed by atoms with Gasteiger partial charge in [0.25, 0.3) is 5.91 Å². The Balaban J connectivity index is 1.95. The van der Waals surface area contributed by atoms with Crippen LogP contribution in [0.2, 0.25) is 0 Å². The highest BCUT2D eigenvalue weighted by Crippen LogP contribution is 2.15. The van der Waals surface area contributed by atoms with Crippen LogP contribution < -0.4 is 10.1 Å². The quantitative estimate of drug-likeness (QED) is 0.938. The second kappa shape index (κ2) is 6.53. The first-order valence-electron chi connectivity index (χ1n) is 6.32. The summed E-state index contributed by atoms with van der Waals surface area (Å²) in [5.74, 6) is -0.211. The first-order valence-corrected chi connectivity index (χ1v) is 6.32. The van der Waals surface area contributed by atoms with Crippen molar-refractivity contribution < 1.29 is 13.9 Å². The number of amides is 1. The van der Waals surface area contributed by atoms with Gasteiger partial charge < -0.3 is 10.1 Å². The number of hydrogen-bond donors (Lipinski definition) is 1. The maximum atomic E-state index is 12.8. The van der Waals surface area contributed by atoms with E-state index < -0.39 is 6.10 Å².